The Morgan fingerprint density at radius 1 is 1.28 bits per heavy atom. The molecule has 0 amide bonds. The second-order valence-electron chi connectivity index (χ2n) is 3.64. The van der Waals surface area contributed by atoms with Crippen molar-refractivity contribution in [2.24, 2.45) is 0 Å². The van der Waals surface area contributed by atoms with E-state index in [4.69, 9.17) is 14.9 Å². The molecule has 1 aromatic carbocycles. The van der Waals surface area contributed by atoms with Gasteiger partial charge in [-0.2, -0.15) is 0 Å². The largest absolute Gasteiger partial charge is 0.497 e. The van der Waals surface area contributed by atoms with Crippen molar-refractivity contribution in [1.82, 2.24) is 0 Å². The van der Waals surface area contributed by atoms with Crippen LogP contribution in [0.1, 0.15) is 17.9 Å². The first-order valence-corrected chi connectivity index (χ1v) is 5.31. The minimum Gasteiger partial charge on any atom is -0.497 e. The van der Waals surface area contributed by atoms with Gasteiger partial charge < -0.3 is 14.9 Å². The molecule has 0 saturated heterocycles. The molecular weight excluding hydrogens is 236 g/mol. The Labute approximate surface area is 104 Å². The SMILES string of the molecule is COc1ccc(C(C/C=C\C(=O)O)C(=O)O)cc1. The predicted octanol–water partition coefficient (Wildman–Crippen LogP) is 1.89. The van der Waals surface area contributed by atoms with Gasteiger partial charge in [0.25, 0.3) is 0 Å². The van der Waals surface area contributed by atoms with Gasteiger partial charge in [0.15, 0.2) is 0 Å². The smallest absolute Gasteiger partial charge is 0.327 e. The van der Waals surface area contributed by atoms with Crippen LogP contribution in [0.2, 0.25) is 0 Å². The number of carboxylic acids is 2. The number of ether oxygens (including phenoxy) is 1. The number of rotatable bonds is 6. The van der Waals surface area contributed by atoms with E-state index in [0.29, 0.717) is 11.3 Å². The Balaban J connectivity index is 2.83. The molecule has 0 heterocycles. The third-order valence-electron chi connectivity index (χ3n) is 2.45. The summed E-state index contributed by atoms with van der Waals surface area (Å²) >= 11 is 0. The van der Waals surface area contributed by atoms with Gasteiger partial charge in [-0.05, 0) is 24.1 Å². The number of carboxylic acid groups (broad SMARTS) is 2. The van der Waals surface area contributed by atoms with Gasteiger partial charge in [0.05, 0.1) is 13.0 Å². The van der Waals surface area contributed by atoms with Crippen LogP contribution in [0, 0.1) is 0 Å². The van der Waals surface area contributed by atoms with Crippen molar-refractivity contribution >= 4 is 11.9 Å². The highest BCUT2D eigenvalue weighted by Gasteiger charge is 2.18. The van der Waals surface area contributed by atoms with Crippen molar-refractivity contribution in [1.29, 1.82) is 0 Å². The minimum atomic E-state index is -1.09. The van der Waals surface area contributed by atoms with Crippen LogP contribution < -0.4 is 4.74 Å². The fourth-order valence-electron chi connectivity index (χ4n) is 1.52. The van der Waals surface area contributed by atoms with Crippen molar-refractivity contribution in [3.63, 3.8) is 0 Å². The Hall–Kier alpha value is -2.30. The van der Waals surface area contributed by atoms with Crippen LogP contribution in [0.3, 0.4) is 0 Å². The number of aliphatic carboxylic acids is 2. The van der Waals surface area contributed by atoms with Crippen LogP contribution in [0.25, 0.3) is 0 Å². The molecule has 0 spiro atoms. The van der Waals surface area contributed by atoms with E-state index in [9.17, 15) is 9.59 Å². The lowest BCUT2D eigenvalue weighted by Crippen LogP contribution is -2.10. The number of allylic oxidation sites excluding steroid dienone is 1. The fraction of sp³-hybridized carbons (Fsp3) is 0.231. The average Bonchev–Trinajstić information content (AvgIpc) is 2.34. The molecule has 5 nitrogen and oxygen atoms in total. The van der Waals surface area contributed by atoms with Crippen LogP contribution in [0.15, 0.2) is 36.4 Å². The van der Waals surface area contributed by atoms with Crippen molar-refractivity contribution in [3.05, 3.63) is 42.0 Å². The molecule has 1 atom stereocenters. The Kier molecular flexibility index (Phi) is 4.92. The monoisotopic (exact) mass is 250 g/mol. The molecule has 0 aliphatic rings. The highest BCUT2D eigenvalue weighted by Crippen LogP contribution is 2.23. The zero-order chi connectivity index (χ0) is 13.5. The first-order chi connectivity index (χ1) is 8.54. The van der Waals surface area contributed by atoms with E-state index in [2.05, 4.69) is 0 Å². The van der Waals surface area contributed by atoms with E-state index in [-0.39, 0.29) is 6.42 Å². The molecule has 0 aliphatic carbocycles. The van der Waals surface area contributed by atoms with E-state index in [1.807, 2.05) is 0 Å². The van der Waals surface area contributed by atoms with E-state index < -0.39 is 17.9 Å². The zero-order valence-corrected chi connectivity index (χ0v) is 9.87. The third kappa shape index (κ3) is 3.93. The number of benzene rings is 1. The van der Waals surface area contributed by atoms with Crippen molar-refractivity contribution < 1.29 is 24.5 Å². The minimum absolute atomic E-state index is 0.133. The van der Waals surface area contributed by atoms with Gasteiger partial charge in [-0.25, -0.2) is 4.79 Å². The third-order valence-corrected chi connectivity index (χ3v) is 2.45. The number of hydrogen-bond donors (Lipinski definition) is 2. The standard InChI is InChI=1S/C13H14O5/c1-18-10-7-5-9(6-8-10)11(13(16)17)3-2-4-12(14)15/h2,4-8,11H,3H2,1H3,(H,14,15)(H,16,17)/b4-2-. The molecule has 18 heavy (non-hydrogen) atoms. The maximum Gasteiger partial charge on any atom is 0.327 e. The molecule has 0 bridgehead atoms. The summed E-state index contributed by atoms with van der Waals surface area (Å²) in [5.74, 6) is -2.19. The van der Waals surface area contributed by atoms with E-state index in [0.717, 1.165) is 6.08 Å². The van der Waals surface area contributed by atoms with Crippen LogP contribution in [-0.2, 0) is 9.59 Å². The first-order valence-electron chi connectivity index (χ1n) is 5.31. The van der Waals surface area contributed by atoms with Crippen LogP contribution in [-0.4, -0.2) is 29.3 Å². The number of carbonyl (C=O) groups is 2. The second-order valence-corrected chi connectivity index (χ2v) is 3.64. The molecule has 0 radical (unpaired) electrons. The van der Waals surface area contributed by atoms with Gasteiger partial charge in [-0.3, -0.25) is 4.79 Å². The molecular formula is C13H14O5. The lowest BCUT2D eigenvalue weighted by molar-refractivity contribution is -0.139. The van der Waals surface area contributed by atoms with Crippen LogP contribution >= 0.6 is 0 Å². The average molecular weight is 250 g/mol. The Morgan fingerprint density at radius 3 is 2.33 bits per heavy atom. The van der Waals surface area contributed by atoms with Crippen molar-refractivity contribution in [2.45, 2.75) is 12.3 Å². The van der Waals surface area contributed by atoms with Gasteiger partial charge >= 0.3 is 11.9 Å². The molecule has 0 fully saturated rings. The normalized spacial score (nSPS) is 12.3. The Bertz CT molecular complexity index is 447. The van der Waals surface area contributed by atoms with Crippen LogP contribution in [0.5, 0.6) is 5.75 Å². The van der Waals surface area contributed by atoms with E-state index in [1.165, 1.54) is 13.2 Å². The molecule has 96 valence electrons. The summed E-state index contributed by atoms with van der Waals surface area (Å²) in [6.07, 6.45) is 2.42. The van der Waals surface area contributed by atoms with Gasteiger partial charge in [0.1, 0.15) is 5.75 Å². The highest BCUT2D eigenvalue weighted by molar-refractivity contribution is 5.80. The summed E-state index contributed by atoms with van der Waals surface area (Å²) in [5, 5.41) is 17.6. The van der Waals surface area contributed by atoms with E-state index in [1.54, 1.807) is 24.3 Å². The lowest BCUT2D eigenvalue weighted by Gasteiger charge is -2.10. The summed E-state index contributed by atoms with van der Waals surface area (Å²) in [6, 6.07) is 6.66. The van der Waals surface area contributed by atoms with Crippen molar-refractivity contribution in [2.75, 3.05) is 7.11 Å². The van der Waals surface area contributed by atoms with Crippen molar-refractivity contribution in [3.8, 4) is 5.75 Å². The summed E-state index contributed by atoms with van der Waals surface area (Å²) in [5.41, 5.74) is 0.610. The highest BCUT2D eigenvalue weighted by atomic mass is 16.5. The zero-order valence-electron chi connectivity index (χ0n) is 9.87. The molecule has 1 rings (SSSR count). The first kappa shape index (κ1) is 13.8. The van der Waals surface area contributed by atoms with Gasteiger partial charge in [-0.15, -0.1) is 0 Å². The maximum atomic E-state index is 11.1. The molecule has 0 saturated carbocycles. The lowest BCUT2D eigenvalue weighted by atomic mass is 9.95. The molecule has 5 heteroatoms. The second kappa shape index (κ2) is 6.44. The van der Waals surface area contributed by atoms with Gasteiger partial charge in [0, 0.05) is 6.08 Å². The summed E-state index contributed by atoms with van der Waals surface area (Å²) in [4.78, 5) is 21.4. The number of hydrogen-bond acceptors (Lipinski definition) is 3. The predicted molar refractivity (Wildman–Crippen MR) is 64.8 cm³/mol. The Morgan fingerprint density at radius 2 is 1.89 bits per heavy atom. The molecule has 0 aliphatic heterocycles. The van der Waals surface area contributed by atoms with Gasteiger partial charge in [-0.1, -0.05) is 18.2 Å². The van der Waals surface area contributed by atoms with Gasteiger partial charge in [0.2, 0.25) is 0 Å². The van der Waals surface area contributed by atoms with Crippen LogP contribution in [0.4, 0.5) is 0 Å². The molecule has 1 unspecified atom stereocenters. The quantitative estimate of drug-likeness (QED) is 0.753. The molecule has 1 aromatic rings. The summed E-state index contributed by atoms with van der Waals surface area (Å²) < 4.78 is 4.98. The topological polar surface area (TPSA) is 83.8 Å². The summed E-state index contributed by atoms with van der Waals surface area (Å²) in [7, 11) is 1.53. The maximum absolute atomic E-state index is 11.1. The van der Waals surface area contributed by atoms with E-state index >= 15 is 0 Å². The number of methoxy groups -OCH3 is 1. The molecule has 0 aromatic heterocycles. The summed E-state index contributed by atoms with van der Waals surface area (Å²) in [6.45, 7) is 0. The fourth-order valence-corrected chi connectivity index (χ4v) is 1.52. The molecule has 2 N–H and O–H groups in total.